The number of furan rings is 2. The van der Waals surface area contributed by atoms with Gasteiger partial charge in [0.15, 0.2) is 0 Å². The van der Waals surface area contributed by atoms with Crippen LogP contribution in [0.3, 0.4) is 0 Å². The molecule has 0 aliphatic rings. The number of nitrogens with zero attached hydrogens (tertiary/aromatic N) is 1. The summed E-state index contributed by atoms with van der Waals surface area (Å²) in [5.74, 6) is 0. The van der Waals surface area contributed by atoms with Gasteiger partial charge in [0, 0.05) is 38.8 Å². The summed E-state index contributed by atoms with van der Waals surface area (Å²) in [6.45, 7) is 0. The average Bonchev–Trinajstić information content (AvgIpc) is 3.86. The molecule has 2 aromatic heterocycles. The Morgan fingerprint density at radius 3 is 1.53 bits per heavy atom. The van der Waals surface area contributed by atoms with Crippen molar-refractivity contribution in [3.63, 3.8) is 0 Å². The highest BCUT2D eigenvalue weighted by Gasteiger charge is 2.20. The second kappa shape index (κ2) is 13.6. The van der Waals surface area contributed by atoms with Crippen LogP contribution < -0.4 is 4.90 Å². The summed E-state index contributed by atoms with van der Waals surface area (Å²) in [5, 5.41) is 4.24. The topological polar surface area (TPSA) is 29.5 Å². The van der Waals surface area contributed by atoms with Gasteiger partial charge in [0.1, 0.15) is 22.3 Å². The minimum atomic E-state index is 0.829. The third-order valence-corrected chi connectivity index (χ3v) is 11.1. The SMILES string of the molecule is c1ccc(-c2ccc(N(c3ccc(-c4cccc(-c5ccccc5)c4)cc3)c3cccc(-c4cccc5c4oc4c5ccc5oc6ccccc6c54)c3)cc2)cc1. The monoisotopic (exact) mass is 729 g/mol. The van der Waals surface area contributed by atoms with E-state index in [2.05, 4.69) is 199 Å². The number of fused-ring (bicyclic) bond motifs is 7. The highest BCUT2D eigenvalue weighted by Crippen LogP contribution is 2.44. The van der Waals surface area contributed by atoms with E-state index in [-0.39, 0.29) is 0 Å². The first-order valence-corrected chi connectivity index (χ1v) is 19.3. The Hall–Kier alpha value is -7.62. The summed E-state index contributed by atoms with van der Waals surface area (Å²) in [4.78, 5) is 2.34. The minimum Gasteiger partial charge on any atom is -0.456 e. The summed E-state index contributed by atoms with van der Waals surface area (Å²) in [7, 11) is 0. The molecular weight excluding hydrogens is 695 g/mol. The maximum absolute atomic E-state index is 6.86. The van der Waals surface area contributed by atoms with E-state index < -0.39 is 0 Å². The third kappa shape index (κ3) is 5.76. The van der Waals surface area contributed by atoms with Crippen LogP contribution in [0, 0.1) is 0 Å². The minimum absolute atomic E-state index is 0.829. The second-order valence-electron chi connectivity index (χ2n) is 14.5. The van der Waals surface area contributed by atoms with Crippen molar-refractivity contribution < 1.29 is 8.83 Å². The summed E-state index contributed by atoms with van der Waals surface area (Å²) in [6.07, 6.45) is 0. The molecule has 3 nitrogen and oxygen atoms in total. The molecule has 0 radical (unpaired) electrons. The predicted molar refractivity (Wildman–Crippen MR) is 237 cm³/mol. The van der Waals surface area contributed by atoms with E-state index in [0.717, 1.165) is 72.1 Å². The fourth-order valence-electron chi connectivity index (χ4n) is 8.30. The lowest BCUT2D eigenvalue weighted by Gasteiger charge is -2.26. The standard InChI is InChI=1S/C54H35NO2/c1-3-12-36(13-4-1)38-24-28-43(29-25-38)55(44-30-26-39(27-31-44)41-17-9-16-40(34-41)37-14-5-2-6-15-37)45-19-10-18-42(35-45)46-21-11-22-47-48-32-33-51-52(54(48)57-53(46)47)49-20-7-8-23-50(49)56-51/h1-35H. The molecule has 2 heterocycles. The maximum Gasteiger partial charge on any atom is 0.147 e. The van der Waals surface area contributed by atoms with Crippen LogP contribution >= 0.6 is 0 Å². The van der Waals surface area contributed by atoms with Crippen molar-refractivity contribution in [2.45, 2.75) is 0 Å². The molecule has 3 heteroatoms. The Morgan fingerprint density at radius 1 is 0.281 bits per heavy atom. The van der Waals surface area contributed by atoms with E-state index in [4.69, 9.17) is 8.83 Å². The first-order valence-electron chi connectivity index (χ1n) is 19.3. The largest absolute Gasteiger partial charge is 0.456 e. The molecule has 9 aromatic carbocycles. The molecule has 0 bridgehead atoms. The normalized spacial score (nSPS) is 11.5. The zero-order valence-electron chi connectivity index (χ0n) is 31.0. The highest BCUT2D eigenvalue weighted by atomic mass is 16.3. The predicted octanol–water partition coefficient (Wildman–Crippen LogP) is 15.6. The molecule has 0 aliphatic carbocycles. The summed E-state index contributed by atoms with van der Waals surface area (Å²) in [6, 6.07) is 75.2. The smallest absolute Gasteiger partial charge is 0.147 e. The second-order valence-corrected chi connectivity index (χ2v) is 14.5. The van der Waals surface area contributed by atoms with Crippen LogP contribution in [0.25, 0.3) is 88.4 Å². The van der Waals surface area contributed by atoms with Crippen LogP contribution in [0.5, 0.6) is 0 Å². The van der Waals surface area contributed by atoms with E-state index in [1.807, 2.05) is 18.2 Å². The maximum atomic E-state index is 6.86. The molecule has 0 aliphatic heterocycles. The van der Waals surface area contributed by atoms with E-state index in [0.29, 0.717) is 0 Å². The molecule has 0 saturated heterocycles. The first kappa shape index (κ1) is 32.8. The number of hydrogen-bond acceptors (Lipinski definition) is 3. The van der Waals surface area contributed by atoms with Crippen LogP contribution in [0.15, 0.2) is 221 Å². The lowest BCUT2D eigenvalue weighted by Crippen LogP contribution is -2.10. The molecule has 268 valence electrons. The van der Waals surface area contributed by atoms with E-state index in [1.165, 1.54) is 33.4 Å². The summed E-state index contributed by atoms with van der Waals surface area (Å²) < 4.78 is 13.1. The quantitative estimate of drug-likeness (QED) is 0.164. The first-order chi connectivity index (χ1) is 28.2. The van der Waals surface area contributed by atoms with Crippen molar-refractivity contribution in [2.24, 2.45) is 0 Å². The fraction of sp³-hybridized carbons (Fsp3) is 0. The van der Waals surface area contributed by atoms with Gasteiger partial charge in [0.2, 0.25) is 0 Å². The third-order valence-electron chi connectivity index (χ3n) is 11.1. The van der Waals surface area contributed by atoms with Gasteiger partial charge in [-0.25, -0.2) is 0 Å². The van der Waals surface area contributed by atoms with Crippen LogP contribution in [0.4, 0.5) is 17.1 Å². The molecule has 0 N–H and O–H groups in total. The molecule has 0 amide bonds. The summed E-state index contributed by atoms with van der Waals surface area (Å²) in [5.41, 5.74) is 15.9. The van der Waals surface area contributed by atoms with Crippen LogP contribution in [-0.2, 0) is 0 Å². The van der Waals surface area contributed by atoms with Crippen molar-refractivity contribution in [3.05, 3.63) is 212 Å². The Labute approximate surface area is 330 Å². The van der Waals surface area contributed by atoms with Crippen molar-refractivity contribution in [3.8, 4) is 44.5 Å². The van der Waals surface area contributed by atoms with Crippen LogP contribution in [-0.4, -0.2) is 0 Å². The van der Waals surface area contributed by atoms with Crippen molar-refractivity contribution in [1.29, 1.82) is 0 Å². The molecular formula is C54H35NO2. The fourth-order valence-corrected chi connectivity index (χ4v) is 8.30. The van der Waals surface area contributed by atoms with Gasteiger partial charge >= 0.3 is 0 Å². The van der Waals surface area contributed by atoms with Gasteiger partial charge in [-0.15, -0.1) is 0 Å². The Kier molecular flexibility index (Phi) is 7.82. The van der Waals surface area contributed by atoms with Gasteiger partial charge in [-0.05, 0) is 99.6 Å². The van der Waals surface area contributed by atoms with Crippen LogP contribution in [0.2, 0.25) is 0 Å². The van der Waals surface area contributed by atoms with Gasteiger partial charge in [-0.2, -0.15) is 0 Å². The lowest BCUT2D eigenvalue weighted by molar-refractivity contribution is 0.663. The molecule has 57 heavy (non-hydrogen) atoms. The van der Waals surface area contributed by atoms with E-state index in [9.17, 15) is 0 Å². The molecule has 0 saturated carbocycles. The molecule has 11 aromatic rings. The average molecular weight is 730 g/mol. The molecule has 11 rings (SSSR count). The molecule has 0 fully saturated rings. The lowest BCUT2D eigenvalue weighted by atomic mass is 9.98. The highest BCUT2D eigenvalue weighted by molar-refractivity contribution is 6.23. The number of anilines is 3. The molecule has 0 unspecified atom stereocenters. The van der Waals surface area contributed by atoms with Gasteiger partial charge in [0.05, 0.1) is 5.39 Å². The zero-order chi connectivity index (χ0) is 37.7. The number of rotatable bonds is 7. The number of para-hydroxylation sites is 2. The number of benzene rings is 9. The molecule has 0 spiro atoms. The van der Waals surface area contributed by atoms with Gasteiger partial charge in [-0.1, -0.05) is 152 Å². The zero-order valence-corrected chi connectivity index (χ0v) is 31.0. The summed E-state index contributed by atoms with van der Waals surface area (Å²) >= 11 is 0. The van der Waals surface area contributed by atoms with E-state index in [1.54, 1.807) is 0 Å². The van der Waals surface area contributed by atoms with Gasteiger partial charge in [-0.3, -0.25) is 0 Å². The van der Waals surface area contributed by atoms with Crippen LogP contribution in [0.1, 0.15) is 0 Å². The Morgan fingerprint density at radius 2 is 0.807 bits per heavy atom. The van der Waals surface area contributed by atoms with Crippen molar-refractivity contribution >= 4 is 60.9 Å². The van der Waals surface area contributed by atoms with E-state index >= 15 is 0 Å². The van der Waals surface area contributed by atoms with Gasteiger partial charge in [0.25, 0.3) is 0 Å². The Balaban J connectivity index is 1.02. The van der Waals surface area contributed by atoms with Crippen molar-refractivity contribution in [1.82, 2.24) is 0 Å². The Bertz CT molecular complexity index is 3210. The molecule has 0 atom stereocenters. The number of hydrogen-bond donors (Lipinski definition) is 0. The van der Waals surface area contributed by atoms with Gasteiger partial charge < -0.3 is 13.7 Å². The van der Waals surface area contributed by atoms with Crippen molar-refractivity contribution in [2.75, 3.05) is 4.90 Å².